The molecule has 0 aliphatic heterocycles. The predicted molar refractivity (Wildman–Crippen MR) is 55.7 cm³/mol. The van der Waals surface area contributed by atoms with Gasteiger partial charge in [0.1, 0.15) is 0 Å². The van der Waals surface area contributed by atoms with Crippen LogP contribution in [0.1, 0.15) is 39.5 Å². The first-order chi connectivity index (χ1) is 6.53. The molecule has 1 rings (SSSR count). The summed E-state index contributed by atoms with van der Waals surface area (Å²) in [5.74, 6) is 0.401. The van der Waals surface area contributed by atoms with E-state index in [1.165, 1.54) is 20.0 Å². The standard InChI is InChI=1S/C11H21NO2/c1-8-5-4-6-11(8,9(2)12)7-10(13)14-3/h8-9H,4-7,12H2,1-3H3. The molecule has 0 radical (unpaired) electrons. The second kappa shape index (κ2) is 4.30. The number of methoxy groups -OCH3 is 1. The van der Waals surface area contributed by atoms with E-state index in [-0.39, 0.29) is 17.4 Å². The quantitative estimate of drug-likeness (QED) is 0.704. The van der Waals surface area contributed by atoms with E-state index in [0.29, 0.717) is 12.3 Å². The number of hydrogen-bond acceptors (Lipinski definition) is 3. The van der Waals surface area contributed by atoms with Crippen LogP contribution in [0.25, 0.3) is 0 Å². The van der Waals surface area contributed by atoms with Gasteiger partial charge in [0, 0.05) is 6.04 Å². The largest absolute Gasteiger partial charge is 0.469 e. The van der Waals surface area contributed by atoms with Crippen molar-refractivity contribution in [3.05, 3.63) is 0 Å². The van der Waals surface area contributed by atoms with Crippen molar-refractivity contribution >= 4 is 5.97 Å². The van der Waals surface area contributed by atoms with Crippen LogP contribution in [-0.4, -0.2) is 19.1 Å². The summed E-state index contributed by atoms with van der Waals surface area (Å²) in [4.78, 5) is 11.3. The number of carbonyl (C=O) groups is 1. The molecule has 0 spiro atoms. The van der Waals surface area contributed by atoms with Crippen molar-refractivity contribution in [1.82, 2.24) is 0 Å². The lowest BCUT2D eigenvalue weighted by molar-refractivity contribution is -0.144. The van der Waals surface area contributed by atoms with Gasteiger partial charge in [0.05, 0.1) is 13.5 Å². The van der Waals surface area contributed by atoms with Gasteiger partial charge in [-0.2, -0.15) is 0 Å². The van der Waals surface area contributed by atoms with Crippen LogP contribution in [0.4, 0.5) is 0 Å². The molecule has 0 aromatic carbocycles. The van der Waals surface area contributed by atoms with Crippen LogP contribution in [0.2, 0.25) is 0 Å². The second-order valence-electron chi connectivity index (χ2n) is 4.57. The third kappa shape index (κ3) is 1.92. The molecule has 0 saturated heterocycles. The second-order valence-corrected chi connectivity index (χ2v) is 4.57. The van der Waals surface area contributed by atoms with Gasteiger partial charge in [0.25, 0.3) is 0 Å². The summed E-state index contributed by atoms with van der Waals surface area (Å²) >= 11 is 0. The van der Waals surface area contributed by atoms with Crippen molar-refractivity contribution in [2.75, 3.05) is 7.11 Å². The van der Waals surface area contributed by atoms with E-state index >= 15 is 0 Å². The summed E-state index contributed by atoms with van der Waals surface area (Å²) in [6.07, 6.45) is 3.89. The van der Waals surface area contributed by atoms with E-state index in [0.717, 1.165) is 6.42 Å². The van der Waals surface area contributed by atoms with Gasteiger partial charge in [0.2, 0.25) is 0 Å². The third-order valence-electron chi connectivity index (χ3n) is 3.87. The fraction of sp³-hybridized carbons (Fsp3) is 0.909. The summed E-state index contributed by atoms with van der Waals surface area (Å²) in [5.41, 5.74) is 6.00. The Kier molecular flexibility index (Phi) is 3.53. The zero-order chi connectivity index (χ0) is 10.8. The van der Waals surface area contributed by atoms with Gasteiger partial charge < -0.3 is 10.5 Å². The van der Waals surface area contributed by atoms with Crippen LogP contribution < -0.4 is 5.73 Å². The van der Waals surface area contributed by atoms with Gasteiger partial charge in [-0.05, 0) is 24.7 Å². The van der Waals surface area contributed by atoms with Crippen molar-refractivity contribution in [3.8, 4) is 0 Å². The molecule has 2 N–H and O–H groups in total. The molecule has 0 aromatic rings. The Hall–Kier alpha value is -0.570. The Balaban J connectivity index is 2.77. The lowest BCUT2D eigenvalue weighted by Gasteiger charge is -2.36. The molecule has 1 aliphatic carbocycles. The van der Waals surface area contributed by atoms with Crippen LogP contribution in [0.3, 0.4) is 0 Å². The molecule has 0 amide bonds. The van der Waals surface area contributed by atoms with Crippen molar-refractivity contribution in [1.29, 1.82) is 0 Å². The van der Waals surface area contributed by atoms with Crippen LogP contribution >= 0.6 is 0 Å². The lowest BCUT2D eigenvalue weighted by Crippen LogP contribution is -2.43. The van der Waals surface area contributed by atoms with Crippen LogP contribution in [0.5, 0.6) is 0 Å². The molecule has 0 bridgehead atoms. The van der Waals surface area contributed by atoms with Crippen molar-refractivity contribution < 1.29 is 9.53 Å². The Morgan fingerprint density at radius 2 is 2.36 bits per heavy atom. The SMILES string of the molecule is COC(=O)CC1(C(C)N)CCCC1C. The first-order valence-electron chi connectivity index (χ1n) is 5.35. The summed E-state index contributed by atoms with van der Waals surface area (Å²) in [6, 6.07) is 0.0686. The maximum atomic E-state index is 11.3. The lowest BCUT2D eigenvalue weighted by atomic mass is 9.71. The molecule has 0 heterocycles. The molecule has 3 nitrogen and oxygen atoms in total. The third-order valence-corrected chi connectivity index (χ3v) is 3.87. The summed E-state index contributed by atoms with van der Waals surface area (Å²) < 4.78 is 4.74. The molecule has 3 unspecified atom stereocenters. The van der Waals surface area contributed by atoms with Gasteiger partial charge in [-0.15, -0.1) is 0 Å². The van der Waals surface area contributed by atoms with Crippen molar-refractivity contribution in [2.45, 2.75) is 45.6 Å². The van der Waals surface area contributed by atoms with Crippen LogP contribution in [-0.2, 0) is 9.53 Å². The average Bonchev–Trinajstić information content (AvgIpc) is 2.49. The van der Waals surface area contributed by atoms with E-state index in [1.807, 2.05) is 6.92 Å². The number of esters is 1. The Morgan fingerprint density at radius 3 is 2.71 bits per heavy atom. The summed E-state index contributed by atoms with van der Waals surface area (Å²) in [7, 11) is 1.44. The van der Waals surface area contributed by atoms with Crippen LogP contribution in [0, 0.1) is 11.3 Å². The highest BCUT2D eigenvalue weighted by molar-refractivity contribution is 5.70. The molecule has 0 aromatic heterocycles. The molecule has 1 saturated carbocycles. The minimum absolute atomic E-state index is 0.0207. The molecule has 3 heteroatoms. The fourth-order valence-corrected chi connectivity index (χ4v) is 2.71. The van der Waals surface area contributed by atoms with Crippen LogP contribution in [0.15, 0.2) is 0 Å². The Labute approximate surface area is 86.0 Å². The number of hydrogen-bond donors (Lipinski definition) is 1. The summed E-state index contributed by atoms with van der Waals surface area (Å²) in [5, 5.41) is 0. The topological polar surface area (TPSA) is 52.3 Å². The monoisotopic (exact) mass is 199 g/mol. The van der Waals surface area contributed by atoms with Gasteiger partial charge in [-0.3, -0.25) is 4.79 Å². The number of nitrogens with two attached hydrogens (primary N) is 1. The first kappa shape index (κ1) is 11.5. The molecular weight excluding hydrogens is 178 g/mol. The van der Waals surface area contributed by atoms with E-state index in [4.69, 9.17) is 10.5 Å². The first-order valence-corrected chi connectivity index (χ1v) is 5.35. The van der Waals surface area contributed by atoms with Gasteiger partial charge in [-0.25, -0.2) is 0 Å². The molecule has 1 aliphatic rings. The van der Waals surface area contributed by atoms with E-state index in [9.17, 15) is 4.79 Å². The molecule has 1 fully saturated rings. The predicted octanol–water partition coefficient (Wildman–Crippen LogP) is 1.70. The minimum atomic E-state index is -0.129. The zero-order valence-corrected chi connectivity index (χ0v) is 9.38. The smallest absolute Gasteiger partial charge is 0.306 e. The van der Waals surface area contributed by atoms with E-state index < -0.39 is 0 Å². The molecule has 82 valence electrons. The van der Waals surface area contributed by atoms with Gasteiger partial charge in [0.15, 0.2) is 0 Å². The number of ether oxygens (including phenoxy) is 1. The highest BCUT2D eigenvalue weighted by Crippen LogP contribution is 2.47. The fourth-order valence-electron chi connectivity index (χ4n) is 2.71. The molecular formula is C11H21NO2. The van der Waals surface area contributed by atoms with Gasteiger partial charge in [-0.1, -0.05) is 19.8 Å². The zero-order valence-electron chi connectivity index (χ0n) is 9.38. The van der Waals surface area contributed by atoms with Gasteiger partial charge >= 0.3 is 5.97 Å². The Morgan fingerprint density at radius 1 is 1.71 bits per heavy atom. The highest BCUT2D eigenvalue weighted by atomic mass is 16.5. The molecule has 3 atom stereocenters. The van der Waals surface area contributed by atoms with Crippen molar-refractivity contribution in [2.24, 2.45) is 17.1 Å². The minimum Gasteiger partial charge on any atom is -0.469 e. The van der Waals surface area contributed by atoms with Crippen molar-refractivity contribution in [3.63, 3.8) is 0 Å². The number of carbonyl (C=O) groups excluding carboxylic acids is 1. The van der Waals surface area contributed by atoms with E-state index in [1.54, 1.807) is 0 Å². The maximum Gasteiger partial charge on any atom is 0.306 e. The number of rotatable bonds is 3. The van der Waals surface area contributed by atoms with E-state index in [2.05, 4.69) is 6.92 Å². The molecule has 14 heavy (non-hydrogen) atoms. The maximum absolute atomic E-state index is 11.3. The normalized spacial score (nSPS) is 34.1. The average molecular weight is 199 g/mol. The Bertz CT molecular complexity index is 215. The summed E-state index contributed by atoms with van der Waals surface area (Å²) in [6.45, 7) is 4.20. The highest BCUT2D eigenvalue weighted by Gasteiger charge is 2.44.